The average molecular weight is 357 g/mol. The highest BCUT2D eigenvalue weighted by Gasteiger charge is 2.29. The van der Waals surface area contributed by atoms with Crippen LogP contribution in [0.4, 0.5) is 0 Å². The molecule has 9 nitrogen and oxygen atoms in total. The zero-order chi connectivity index (χ0) is 14.6. The minimum Gasteiger partial charge on any atom is -0.480 e. The maximum absolute atomic E-state index is 12.1. The predicted molar refractivity (Wildman–Crippen MR) is 66.9 cm³/mol. The SMILES string of the molecule is COCCC(NS(=O)(=O)c1c(Br)nnn1C)C(=O)O. The van der Waals surface area contributed by atoms with Crippen molar-refractivity contribution in [2.45, 2.75) is 17.5 Å². The van der Waals surface area contributed by atoms with Gasteiger partial charge in [-0.15, -0.1) is 5.10 Å². The van der Waals surface area contributed by atoms with E-state index in [0.717, 1.165) is 4.68 Å². The van der Waals surface area contributed by atoms with Crippen LogP contribution in [-0.2, 0) is 26.6 Å². The highest BCUT2D eigenvalue weighted by molar-refractivity contribution is 9.10. The monoisotopic (exact) mass is 356 g/mol. The van der Waals surface area contributed by atoms with E-state index in [1.807, 2.05) is 0 Å². The van der Waals surface area contributed by atoms with Gasteiger partial charge in [0, 0.05) is 20.8 Å². The summed E-state index contributed by atoms with van der Waals surface area (Å²) in [6, 6.07) is -1.29. The Morgan fingerprint density at radius 1 is 1.63 bits per heavy atom. The number of carboxylic acid groups (broad SMARTS) is 1. The van der Waals surface area contributed by atoms with Crippen LogP contribution >= 0.6 is 15.9 Å². The first-order chi connectivity index (χ1) is 8.79. The van der Waals surface area contributed by atoms with E-state index in [0.29, 0.717) is 0 Å². The van der Waals surface area contributed by atoms with Crippen LogP contribution in [0.3, 0.4) is 0 Å². The number of aromatic nitrogens is 3. The minimum absolute atomic E-state index is 0.00790. The third kappa shape index (κ3) is 3.96. The van der Waals surface area contributed by atoms with Gasteiger partial charge in [0.15, 0.2) is 4.60 Å². The van der Waals surface area contributed by atoms with Gasteiger partial charge in [-0.2, -0.15) is 4.72 Å². The third-order valence-corrected chi connectivity index (χ3v) is 4.56. The smallest absolute Gasteiger partial charge is 0.321 e. The van der Waals surface area contributed by atoms with Gasteiger partial charge in [0.2, 0.25) is 5.03 Å². The van der Waals surface area contributed by atoms with Gasteiger partial charge in [-0.25, -0.2) is 13.1 Å². The molecule has 0 radical (unpaired) electrons. The van der Waals surface area contributed by atoms with Crippen LogP contribution in [-0.4, -0.2) is 54.2 Å². The molecule has 0 aliphatic heterocycles. The summed E-state index contributed by atoms with van der Waals surface area (Å²) in [5.74, 6) is -1.29. The molecule has 19 heavy (non-hydrogen) atoms. The molecule has 0 spiro atoms. The van der Waals surface area contributed by atoms with Gasteiger partial charge < -0.3 is 9.84 Å². The zero-order valence-corrected chi connectivity index (χ0v) is 12.6. The van der Waals surface area contributed by atoms with Crippen LogP contribution in [0.25, 0.3) is 0 Å². The van der Waals surface area contributed by atoms with E-state index in [1.54, 1.807) is 0 Å². The first-order valence-electron chi connectivity index (χ1n) is 5.09. The molecule has 0 aliphatic rings. The molecular weight excluding hydrogens is 344 g/mol. The predicted octanol–water partition coefficient (Wildman–Crippen LogP) is -0.654. The second kappa shape index (κ2) is 6.41. The standard InChI is InChI=1S/C8H13BrN4O5S/c1-13-7(6(9)10-12-13)19(16,17)11-5(8(14)15)3-4-18-2/h5,11H,3-4H2,1-2H3,(H,14,15). The summed E-state index contributed by atoms with van der Waals surface area (Å²) in [5.41, 5.74) is 0. The topological polar surface area (TPSA) is 123 Å². The molecule has 11 heteroatoms. The number of carbonyl (C=O) groups is 1. The molecule has 1 heterocycles. The Morgan fingerprint density at radius 3 is 2.68 bits per heavy atom. The van der Waals surface area contributed by atoms with Crippen molar-refractivity contribution in [3.63, 3.8) is 0 Å². The Bertz CT molecular complexity index is 538. The lowest BCUT2D eigenvalue weighted by atomic mass is 10.2. The molecule has 0 aliphatic carbocycles. The Balaban J connectivity index is 2.98. The van der Waals surface area contributed by atoms with Gasteiger partial charge in [0.05, 0.1) is 0 Å². The number of halogens is 1. The average Bonchev–Trinajstić information content (AvgIpc) is 2.64. The maximum atomic E-state index is 12.1. The highest BCUT2D eigenvalue weighted by atomic mass is 79.9. The number of aryl methyl sites for hydroxylation is 1. The molecule has 2 N–H and O–H groups in total. The van der Waals surface area contributed by atoms with Crippen LogP contribution in [0.15, 0.2) is 9.63 Å². The second-order valence-electron chi connectivity index (χ2n) is 3.60. The molecule has 0 saturated carbocycles. The Labute approximate surface area is 118 Å². The third-order valence-electron chi connectivity index (χ3n) is 2.20. The summed E-state index contributed by atoms with van der Waals surface area (Å²) >= 11 is 2.95. The van der Waals surface area contributed by atoms with Crippen LogP contribution in [0.1, 0.15) is 6.42 Å². The fourth-order valence-electron chi connectivity index (χ4n) is 1.32. The van der Waals surface area contributed by atoms with Crippen LogP contribution in [0.2, 0.25) is 0 Å². The number of ether oxygens (including phenoxy) is 1. The molecule has 1 rings (SSSR count). The summed E-state index contributed by atoms with van der Waals surface area (Å²) in [7, 11) is -1.26. The van der Waals surface area contributed by atoms with Crippen molar-refractivity contribution in [3.8, 4) is 0 Å². The lowest BCUT2D eigenvalue weighted by Gasteiger charge is -2.14. The molecule has 0 fully saturated rings. The van der Waals surface area contributed by atoms with E-state index in [2.05, 4.69) is 31.0 Å². The van der Waals surface area contributed by atoms with Crippen LogP contribution in [0.5, 0.6) is 0 Å². The number of hydrogen-bond acceptors (Lipinski definition) is 6. The summed E-state index contributed by atoms with van der Waals surface area (Å²) in [4.78, 5) is 11.0. The first-order valence-corrected chi connectivity index (χ1v) is 7.36. The number of sulfonamides is 1. The van der Waals surface area contributed by atoms with E-state index in [9.17, 15) is 13.2 Å². The molecule has 1 unspecified atom stereocenters. The number of methoxy groups -OCH3 is 1. The van der Waals surface area contributed by atoms with E-state index < -0.39 is 22.0 Å². The fraction of sp³-hybridized carbons (Fsp3) is 0.625. The summed E-state index contributed by atoms with van der Waals surface area (Å²) in [6.45, 7) is 0.115. The fourth-order valence-corrected chi connectivity index (χ4v) is 3.64. The maximum Gasteiger partial charge on any atom is 0.321 e. The Hall–Kier alpha value is -1.04. The van der Waals surface area contributed by atoms with Gasteiger partial charge in [0.25, 0.3) is 10.0 Å². The first kappa shape index (κ1) is 16.0. The lowest BCUT2D eigenvalue weighted by molar-refractivity contribution is -0.139. The van der Waals surface area contributed by atoms with E-state index >= 15 is 0 Å². The Kier molecular flexibility index (Phi) is 5.40. The van der Waals surface area contributed by atoms with Crippen molar-refractivity contribution < 1.29 is 23.1 Å². The molecule has 0 aromatic carbocycles. The van der Waals surface area contributed by atoms with Crippen molar-refractivity contribution in [2.75, 3.05) is 13.7 Å². The molecule has 0 saturated heterocycles. The normalized spacial score (nSPS) is 13.4. The Morgan fingerprint density at radius 2 is 2.26 bits per heavy atom. The number of aliphatic carboxylic acids is 1. The van der Waals surface area contributed by atoms with Gasteiger partial charge in [-0.3, -0.25) is 4.79 Å². The van der Waals surface area contributed by atoms with Crippen molar-refractivity contribution in [1.82, 2.24) is 19.7 Å². The number of carboxylic acids is 1. The van der Waals surface area contributed by atoms with Gasteiger partial charge >= 0.3 is 5.97 Å². The molecule has 0 amide bonds. The second-order valence-corrected chi connectivity index (χ2v) is 5.98. The zero-order valence-electron chi connectivity index (χ0n) is 10.2. The van der Waals surface area contributed by atoms with Crippen LogP contribution in [0, 0.1) is 0 Å². The van der Waals surface area contributed by atoms with Crippen LogP contribution < -0.4 is 4.72 Å². The summed E-state index contributed by atoms with van der Waals surface area (Å²) in [6.07, 6.45) is 0.00790. The molecule has 0 bridgehead atoms. The summed E-state index contributed by atoms with van der Waals surface area (Å²) in [5, 5.41) is 15.8. The number of nitrogens with zero attached hydrogens (tertiary/aromatic N) is 3. The van der Waals surface area contributed by atoms with Gasteiger partial charge in [-0.1, -0.05) is 5.21 Å². The molecule has 1 aromatic rings. The number of hydrogen-bond donors (Lipinski definition) is 2. The molecule has 108 valence electrons. The van der Waals surface area contributed by atoms with Crippen molar-refractivity contribution in [3.05, 3.63) is 4.60 Å². The minimum atomic E-state index is -4.05. The quantitative estimate of drug-likeness (QED) is 0.664. The largest absolute Gasteiger partial charge is 0.480 e. The molecule has 1 atom stereocenters. The molecule has 1 aromatic heterocycles. The van der Waals surface area contributed by atoms with Gasteiger partial charge in [0.1, 0.15) is 6.04 Å². The lowest BCUT2D eigenvalue weighted by Crippen LogP contribution is -2.42. The highest BCUT2D eigenvalue weighted by Crippen LogP contribution is 2.18. The van der Waals surface area contributed by atoms with Crippen molar-refractivity contribution in [1.29, 1.82) is 0 Å². The van der Waals surface area contributed by atoms with Gasteiger partial charge in [-0.05, 0) is 22.4 Å². The van der Waals surface area contributed by atoms with E-state index in [-0.39, 0.29) is 22.7 Å². The van der Waals surface area contributed by atoms with E-state index in [4.69, 9.17) is 9.84 Å². The number of nitrogens with one attached hydrogen (secondary N) is 1. The van der Waals surface area contributed by atoms with Crippen molar-refractivity contribution in [2.24, 2.45) is 7.05 Å². The molecular formula is C8H13BrN4O5S. The summed E-state index contributed by atoms with van der Waals surface area (Å²) < 4.78 is 32.0. The number of rotatable bonds is 7. The van der Waals surface area contributed by atoms with E-state index in [1.165, 1.54) is 14.2 Å². The van der Waals surface area contributed by atoms with Crippen molar-refractivity contribution >= 4 is 31.9 Å².